The maximum Gasteiger partial charge on any atom is 0.359 e. The lowest BCUT2D eigenvalue weighted by molar-refractivity contribution is -0.486. The Hall–Kier alpha value is -1.41. The quantitative estimate of drug-likeness (QED) is 0.378. The molecule has 0 saturated carbocycles. The fourth-order valence-electron chi connectivity index (χ4n) is 0.811. The molecule has 1 rings (SSSR count). The van der Waals surface area contributed by atoms with Gasteiger partial charge in [-0.3, -0.25) is 0 Å². The van der Waals surface area contributed by atoms with Crippen molar-refractivity contribution in [3.05, 3.63) is 25.7 Å². The van der Waals surface area contributed by atoms with Crippen LogP contribution in [0.25, 0.3) is 0 Å². The summed E-state index contributed by atoms with van der Waals surface area (Å²) in [5, 5.41) is 20.9. The van der Waals surface area contributed by atoms with Crippen LogP contribution in [0, 0.1) is 10.1 Å². The number of aliphatic hydroxyl groups is 1. The normalized spacial score (nSPS) is 11.5. The van der Waals surface area contributed by atoms with Crippen molar-refractivity contribution in [3.8, 4) is 0 Å². The Bertz CT molecular complexity index is 393. The molecule has 0 aliphatic carbocycles. The van der Waals surface area contributed by atoms with Crippen molar-refractivity contribution in [2.45, 2.75) is 6.54 Å². The Morgan fingerprint density at radius 2 is 2.60 bits per heavy atom. The second kappa shape index (κ2) is 4.89. The minimum absolute atomic E-state index is 0.258. The van der Waals surface area contributed by atoms with E-state index in [2.05, 4.69) is 10.1 Å². The average molecular weight is 251 g/mol. The lowest BCUT2D eigenvalue weighted by atomic mass is 10.5. The molecule has 1 aromatic rings. The third kappa shape index (κ3) is 3.68. The van der Waals surface area contributed by atoms with Crippen LogP contribution < -0.4 is 0 Å². The molecule has 0 aliphatic rings. The van der Waals surface area contributed by atoms with E-state index in [9.17, 15) is 10.1 Å². The summed E-state index contributed by atoms with van der Waals surface area (Å²) < 4.78 is 0.379. The number of hydrazone groups is 1. The number of aromatic nitrogens is 1. The second-order valence-corrected chi connectivity index (χ2v) is 4.27. The molecule has 0 saturated heterocycles. The van der Waals surface area contributed by atoms with Gasteiger partial charge in [0.15, 0.2) is 9.50 Å². The smallest absolute Gasteiger partial charge is 0.359 e. The molecule has 0 amide bonds. The number of halogens is 1. The van der Waals surface area contributed by atoms with Crippen LogP contribution in [0.1, 0.15) is 4.88 Å². The molecule has 0 atom stereocenters. The van der Waals surface area contributed by atoms with Crippen molar-refractivity contribution >= 4 is 29.0 Å². The van der Waals surface area contributed by atoms with Crippen molar-refractivity contribution in [2.75, 3.05) is 7.05 Å². The number of hydrogen-bond acceptors (Lipinski definition) is 4. The minimum Gasteiger partial charge on any atom is -0.477 e. The van der Waals surface area contributed by atoms with Crippen molar-refractivity contribution in [1.82, 2.24) is 9.88 Å². The molecule has 0 spiro atoms. The molecule has 1 heterocycles. The molecule has 0 unspecified atom stereocenters. The van der Waals surface area contributed by atoms with Gasteiger partial charge in [0.1, 0.15) is 5.10 Å². The first-order chi connectivity index (χ1) is 6.99. The highest BCUT2D eigenvalue weighted by atomic mass is 35.5. The van der Waals surface area contributed by atoms with Gasteiger partial charge in [-0.25, -0.2) is 15.1 Å². The van der Waals surface area contributed by atoms with Gasteiger partial charge in [0.25, 0.3) is 0 Å². The van der Waals surface area contributed by atoms with E-state index in [1.165, 1.54) is 29.5 Å². The fraction of sp³-hybridized carbons (Fsp3) is 0.333. The third-order valence-electron chi connectivity index (χ3n) is 1.43. The van der Waals surface area contributed by atoms with Gasteiger partial charge in [-0.05, 0) is 0 Å². The molecule has 9 heteroatoms. The molecule has 7 nitrogen and oxygen atoms in total. The monoisotopic (exact) mass is 250 g/mol. The molecule has 1 N–H and O–H groups in total. The zero-order valence-electron chi connectivity index (χ0n) is 7.62. The zero-order chi connectivity index (χ0) is 11.4. The predicted molar refractivity (Wildman–Crippen MR) is 55.6 cm³/mol. The number of hydrogen-bond donors (Lipinski definition) is 1. The van der Waals surface area contributed by atoms with Crippen LogP contribution in [0.2, 0.25) is 4.47 Å². The SMILES string of the molecule is CN(Cc1cnc(Cl)s1)C(O)=N[N+](=O)[O-]. The van der Waals surface area contributed by atoms with Crippen molar-refractivity contribution in [2.24, 2.45) is 5.10 Å². The van der Waals surface area contributed by atoms with Gasteiger partial charge < -0.3 is 10.0 Å². The lowest BCUT2D eigenvalue weighted by Gasteiger charge is -2.11. The predicted octanol–water partition coefficient (Wildman–Crippen LogP) is 1.33. The van der Waals surface area contributed by atoms with Crippen molar-refractivity contribution < 1.29 is 10.1 Å². The maximum atomic E-state index is 9.97. The number of rotatable bonds is 3. The van der Waals surface area contributed by atoms with E-state index in [-0.39, 0.29) is 6.54 Å². The van der Waals surface area contributed by atoms with E-state index >= 15 is 0 Å². The standard InChI is InChI=1S/C6H7ClN4O3S/c1-10(6(12)9-11(13)14)3-4-2-8-5(7)15-4/h2H,3H2,1H3,(H,9,12). The van der Waals surface area contributed by atoms with E-state index in [1.54, 1.807) is 0 Å². The Balaban J connectivity index is 2.63. The van der Waals surface area contributed by atoms with Gasteiger partial charge in [-0.2, -0.15) is 0 Å². The summed E-state index contributed by atoms with van der Waals surface area (Å²) in [6, 6.07) is -0.662. The van der Waals surface area contributed by atoms with E-state index in [0.29, 0.717) is 4.47 Å². The van der Waals surface area contributed by atoms with Crippen LogP contribution in [0.5, 0.6) is 0 Å². The summed E-state index contributed by atoms with van der Waals surface area (Å²) in [4.78, 5) is 15.7. The Kier molecular flexibility index (Phi) is 3.81. The number of amidine groups is 1. The molecule has 0 fully saturated rings. The topological polar surface area (TPSA) is 91.9 Å². The van der Waals surface area contributed by atoms with E-state index in [1.807, 2.05) is 0 Å². The van der Waals surface area contributed by atoms with Gasteiger partial charge in [-0.15, -0.1) is 11.3 Å². The first-order valence-electron chi connectivity index (χ1n) is 3.72. The van der Waals surface area contributed by atoms with Crippen LogP contribution in [0.4, 0.5) is 0 Å². The zero-order valence-corrected chi connectivity index (χ0v) is 9.20. The van der Waals surface area contributed by atoms with Gasteiger partial charge >= 0.3 is 6.02 Å². The van der Waals surface area contributed by atoms with Gasteiger partial charge in [0, 0.05) is 18.1 Å². The van der Waals surface area contributed by atoms with Crippen LogP contribution in [-0.2, 0) is 6.54 Å². The van der Waals surface area contributed by atoms with Crippen molar-refractivity contribution in [3.63, 3.8) is 0 Å². The molecule has 0 radical (unpaired) electrons. The van der Waals surface area contributed by atoms with Gasteiger partial charge in [-0.1, -0.05) is 11.6 Å². The molecule has 82 valence electrons. The van der Waals surface area contributed by atoms with Crippen LogP contribution in [0.15, 0.2) is 11.3 Å². The summed E-state index contributed by atoms with van der Waals surface area (Å²) >= 11 is 6.82. The van der Waals surface area contributed by atoms with Crippen LogP contribution >= 0.6 is 22.9 Å². The van der Waals surface area contributed by atoms with Crippen LogP contribution in [-0.4, -0.2) is 33.1 Å². The van der Waals surface area contributed by atoms with Gasteiger partial charge in [0.05, 0.1) is 6.54 Å². The van der Waals surface area contributed by atoms with E-state index in [4.69, 9.17) is 16.7 Å². The number of nitrogens with zero attached hydrogens (tertiary/aromatic N) is 4. The summed E-state index contributed by atoms with van der Waals surface area (Å²) in [6.07, 6.45) is 1.53. The van der Waals surface area contributed by atoms with E-state index < -0.39 is 11.1 Å². The number of aliphatic hydroxyl groups excluding tert-OH is 1. The third-order valence-corrected chi connectivity index (χ3v) is 2.53. The second-order valence-electron chi connectivity index (χ2n) is 2.57. The first kappa shape index (κ1) is 11.7. The molecular formula is C6H7ClN4O3S. The van der Waals surface area contributed by atoms with Crippen molar-refractivity contribution in [1.29, 1.82) is 0 Å². The summed E-state index contributed by atoms with van der Waals surface area (Å²) in [6.45, 7) is 0.258. The fourth-order valence-corrected chi connectivity index (χ4v) is 1.84. The molecular weight excluding hydrogens is 244 g/mol. The number of nitro groups is 1. The van der Waals surface area contributed by atoms with E-state index in [0.717, 1.165) is 4.88 Å². The molecule has 1 aromatic heterocycles. The molecule has 0 aliphatic heterocycles. The highest BCUT2D eigenvalue weighted by Crippen LogP contribution is 2.18. The molecule has 0 bridgehead atoms. The summed E-state index contributed by atoms with van der Waals surface area (Å²) in [5.41, 5.74) is 0. The summed E-state index contributed by atoms with van der Waals surface area (Å²) in [7, 11) is 1.47. The first-order valence-corrected chi connectivity index (χ1v) is 4.92. The summed E-state index contributed by atoms with van der Waals surface area (Å²) in [5.74, 6) is 0. The number of thiazole rings is 1. The average Bonchev–Trinajstić information content (AvgIpc) is 2.50. The Morgan fingerprint density at radius 1 is 1.93 bits per heavy atom. The maximum absolute atomic E-state index is 9.97. The highest BCUT2D eigenvalue weighted by molar-refractivity contribution is 7.15. The Labute approximate surface area is 93.8 Å². The molecule has 15 heavy (non-hydrogen) atoms. The largest absolute Gasteiger partial charge is 0.477 e. The van der Waals surface area contributed by atoms with Crippen LogP contribution in [0.3, 0.4) is 0 Å². The molecule has 0 aromatic carbocycles. The lowest BCUT2D eigenvalue weighted by Crippen LogP contribution is -2.26. The minimum atomic E-state index is -0.967. The van der Waals surface area contributed by atoms with Gasteiger partial charge in [0.2, 0.25) is 0 Å². The Morgan fingerprint density at radius 3 is 3.07 bits per heavy atom. The highest BCUT2D eigenvalue weighted by Gasteiger charge is 2.11.